The Kier molecular flexibility index (Phi) is 5.94. The Hall–Kier alpha value is -3.31. The molecule has 4 nitrogen and oxygen atoms in total. The van der Waals surface area contributed by atoms with Crippen LogP contribution in [-0.4, -0.2) is 24.3 Å². The number of benzene rings is 3. The lowest BCUT2D eigenvalue weighted by molar-refractivity contribution is 0.355. The highest BCUT2D eigenvalue weighted by atomic mass is 32.1. The maximum absolute atomic E-state index is 11.2. The molecule has 5 heteroatoms. The van der Waals surface area contributed by atoms with E-state index in [0.717, 1.165) is 38.5 Å². The number of aromatic hydroxyl groups is 1. The van der Waals surface area contributed by atoms with Crippen LogP contribution in [0.15, 0.2) is 66.0 Å². The molecule has 0 spiro atoms. The molecule has 4 aromatic rings. The molecule has 0 radical (unpaired) electrons. The van der Waals surface area contributed by atoms with Crippen molar-refractivity contribution < 1.29 is 14.6 Å². The molecule has 0 atom stereocenters. The van der Waals surface area contributed by atoms with Crippen LogP contribution in [0.4, 0.5) is 0 Å². The Labute approximate surface area is 193 Å². The quantitative estimate of drug-likeness (QED) is 0.354. The molecule has 1 N–H and O–H groups in total. The van der Waals surface area contributed by atoms with E-state index in [9.17, 15) is 5.11 Å². The molecule has 1 aromatic heterocycles. The second-order valence-corrected chi connectivity index (χ2v) is 9.50. The van der Waals surface area contributed by atoms with Crippen LogP contribution in [0.3, 0.4) is 0 Å². The second kappa shape index (κ2) is 8.67. The Bertz CT molecular complexity index is 1240. The van der Waals surface area contributed by atoms with Gasteiger partial charge < -0.3 is 14.6 Å². The predicted molar refractivity (Wildman–Crippen MR) is 132 cm³/mol. The van der Waals surface area contributed by atoms with E-state index in [1.807, 2.05) is 53.9 Å². The second-order valence-electron chi connectivity index (χ2n) is 8.64. The SMILES string of the molecule is COc1ccc(-c2csc(-c3cc(C(C)(C)C)cc(-c4ccccc4)c3O)n2)cc1OC. The zero-order chi connectivity index (χ0) is 22.9. The Morgan fingerprint density at radius 3 is 2.16 bits per heavy atom. The fourth-order valence-corrected chi connectivity index (χ4v) is 4.44. The molecular formula is C27H27NO3S. The molecular weight excluding hydrogens is 418 g/mol. The first kappa shape index (κ1) is 21.9. The summed E-state index contributed by atoms with van der Waals surface area (Å²) in [6.07, 6.45) is 0. The number of phenolic OH excluding ortho intramolecular Hbond substituents is 1. The van der Waals surface area contributed by atoms with Crippen LogP contribution in [0, 0.1) is 0 Å². The normalized spacial score (nSPS) is 11.4. The van der Waals surface area contributed by atoms with Gasteiger partial charge in [0, 0.05) is 16.5 Å². The fraction of sp³-hybridized carbons (Fsp3) is 0.222. The first-order chi connectivity index (χ1) is 15.3. The molecule has 1 heterocycles. The van der Waals surface area contributed by atoms with Crippen LogP contribution in [0.5, 0.6) is 17.2 Å². The number of thiazole rings is 1. The van der Waals surface area contributed by atoms with Crippen molar-refractivity contribution in [1.82, 2.24) is 4.98 Å². The van der Waals surface area contributed by atoms with Crippen molar-refractivity contribution in [2.45, 2.75) is 26.2 Å². The molecule has 0 amide bonds. The standard InChI is InChI=1S/C27H27NO3S/c1-27(2,3)19-14-20(17-9-7-6-8-10-17)25(29)21(15-19)26-28-22(16-32-26)18-11-12-23(30-4)24(13-18)31-5/h6-16,29H,1-5H3. The largest absolute Gasteiger partial charge is 0.507 e. The highest BCUT2D eigenvalue weighted by Crippen LogP contribution is 2.43. The predicted octanol–water partition coefficient (Wildman–Crippen LogP) is 7.16. The number of aromatic nitrogens is 1. The summed E-state index contributed by atoms with van der Waals surface area (Å²) in [5, 5.41) is 14.0. The van der Waals surface area contributed by atoms with Crippen LogP contribution >= 0.6 is 11.3 Å². The molecule has 4 rings (SSSR count). The minimum Gasteiger partial charge on any atom is -0.507 e. The van der Waals surface area contributed by atoms with E-state index in [0.29, 0.717) is 11.5 Å². The van der Waals surface area contributed by atoms with E-state index in [4.69, 9.17) is 14.5 Å². The number of phenols is 1. The summed E-state index contributed by atoms with van der Waals surface area (Å²) in [5.74, 6) is 1.58. The maximum atomic E-state index is 11.2. The van der Waals surface area contributed by atoms with Gasteiger partial charge >= 0.3 is 0 Å². The van der Waals surface area contributed by atoms with Gasteiger partial charge in [-0.15, -0.1) is 11.3 Å². The third kappa shape index (κ3) is 4.21. The van der Waals surface area contributed by atoms with Crippen LogP contribution in [-0.2, 0) is 5.41 Å². The van der Waals surface area contributed by atoms with Gasteiger partial charge in [-0.2, -0.15) is 0 Å². The Morgan fingerprint density at radius 1 is 0.812 bits per heavy atom. The number of hydrogen-bond donors (Lipinski definition) is 1. The minimum absolute atomic E-state index is 0.0740. The van der Waals surface area contributed by atoms with Gasteiger partial charge in [-0.3, -0.25) is 0 Å². The minimum atomic E-state index is -0.0740. The highest BCUT2D eigenvalue weighted by Gasteiger charge is 2.22. The van der Waals surface area contributed by atoms with E-state index in [-0.39, 0.29) is 11.2 Å². The topological polar surface area (TPSA) is 51.6 Å². The lowest BCUT2D eigenvalue weighted by Gasteiger charge is -2.22. The van der Waals surface area contributed by atoms with Crippen molar-refractivity contribution in [1.29, 1.82) is 0 Å². The van der Waals surface area contributed by atoms with Crippen LogP contribution in [0.1, 0.15) is 26.3 Å². The third-order valence-electron chi connectivity index (χ3n) is 5.47. The lowest BCUT2D eigenvalue weighted by Crippen LogP contribution is -2.11. The van der Waals surface area contributed by atoms with Gasteiger partial charge in [0.25, 0.3) is 0 Å². The summed E-state index contributed by atoms with van der Waals surface area (Å²) >= 11 is 1.52. The lowest BCUT2D eigenvalue weighted by atomic mass is 9.83. The van der Waals surface area contributed by atoms with Crippen molar-refractivity contribution >= 4 is 11.3 Å². The van der Waals surface area contributed by atoms with Crippen LogP contribution in [0.25, 0.3) is 33.0 Å². The van der Waals surface area contributed by atoms with Gasteiger partial charge in [0.1, 0.15) is 10.8 Å². The van der Waals surface area contributed by atoms with Crippen molar-refractivity contribution in [3.63, 3.8) is 0 Å². The molecule has 0 saturated heterocycles. The Balaban J connectivity index is 1.83. The van der Waals surface area contributed by atoms with Gasteiger partial charge in [-0.1, -0.05) is 51.1 Å². The van der Waals surface area contributed by atoms with Crippen LogP contribution < -0.4 is 9.47 Å². The number of ether oxygens (including phenoxy) is 2. The average molecular weight is 446 g/mol. The number of rotatable bonds is 5. The molecule has 3 aromatic carbocycles. The summed E-state index contributed by atoms with van der Waals surface area (Å²) in [6, 6.07) is 19.9. The maximum Gasteiger partial charge on any atom is 0.161 e. The fourth-order valence-electron chi connectivity index (χ4n) is 3.59. The molecule has 0 aliphatic heterocycles. The van der Waals surface area contributed by atoms with Gasteiger partial charge in [-0.05, 0) is 46.9 Å². The Morgan fingerprint density at radius 2 is 1.50 bits per heavy atom. The first-order valence-corrected chi connectivity index (χ1v) is 11.3. The van der Waals surface area contributed by atoms with Crippen molar-refractivity contribution in [3.05, 3.63) is 71.6 Å². The first-order valence-electron chi connectivity index (χ1n) is 10.4. The molecule has 0 aliphatic rings. The molecule has 32 heavy (non-hydrogen) atoms. The van der Waals surface area contributed by atoms with Gasteiger partial charge in [0.2, 0.25) is 0 Å². The summed E-state index contributed by atoms with van der Waals surface area (Å²) < 4.78 is 10.8. The molecule has 0 aliphatic carbocycles. The third-order valence-corrected chi connectivity index (χ3v) is 6.35. The van der Waals surface area contributed by atoms with Gasteiger partial charge in [0.15, 0.2) is 11.5 Å². The zero-order valence-electron chi connectivity index (χ0n) is 19.0. The number of nitrogens with zero attached hydrogens (tertiary/aromatic N) is 1. The molecule has 0 saturated carbocycles. The summed E-state index contributed by atoms with van der Waals surface area (Å²) in [7, 11) is 3.24. The van der Waals surface area contributed by atoms with Gasteiger partial charge in [0.05, 0.1) is 25.5 Å². The highest BCUT2D eigenvalue weighted by molar-refractivity contribution is 7.13. The molecule has 0 unspecified atom stereocenters. The van der Waals surface area contributed by atoms with Crippen molar-refractivity contribution in [2.75, 3.05) is 14.2 Å². The summed E-state index contributed by atoms with van der Waals surface area (Å²) in [5.41, 5.74) is 5.37. The molecule has 164 valence electrons. The van der Waals surface area contributed by atoms with Gasteiger partial charge in [-0.25, -0.2) is 4.98 Å². The van der Waals surface area contributed by atoms with Crippen molar-refractivity contribution in [2.24, 2.45) is 0 Å². The average Bonchev–Trinajstić information content (AvgIpc) is 3.28. The number of hydrogen-bond acceptors (Lipinski definition) is 5. The molecule has 0 bridgehead atoms. The van der Waals surface area contributed by atoms with E-state index >= 15 is 0 Å². The number of methoxy groups -OCH3 is 2. The summed E-state index contributed by atoms with van der Waals surface area (Å²) in [6.45, 7) is 6.53. The van der Waals surface area contributed by atoms with E-state index in [1.54, 1.807) is 14.2 Å². The van der Waals surface area contributed by atoms with E-state index in [1.165, 1.54) is 11.3 Å². The summed E-state index contributed by atoms with van der Waals surface area (Å²) in [4.78, 5) is 4.86. The van der Waals surface area contributed by atoms with Crippen molar-refractivity contribution in [3.8, 4) is 50.2 Å². The monoisotopic (exact) mass is 445 g/mol. The smallest absolute Gasteiger partial charge is 0.161 e. The van der Waals surface area contributed by atoms with Crippen LogP contribution in [0.2, 0.25) is 0 Å². The van der Waals surface area contributed by atoms with E-state index in [2.05, 4.69) is 32.9 Å². The zero-order valence-corrected chi connectivity index (χ0v) is 19.8. The molecule has 0 fully saturated rings. The van der Waals surface area contributed by atoms with E-state index < -0.39 is 0 Å².